The van der Waals surface area contributed by atoms with Crippen LogP contribution in [0.25, 0.3) is 5.69 Å². The van der Waals surface area contributed by atoms with E-state index in [-0.39, 0.29) is 6.54 Å². The number of hydrogen-bond acceptors (Lipinski definition) is 2. The molecule has 0 aliphatic rings. The standard InChI is InChI=1S/C11H9F3N3/c12-11(13,14)10-4-5-17(16-10)9-3-1-2-8(6-9)7-15/h1,3-6H,7,15H2. The van der Waals surface area contributed by atoms with Gasteiger partial charge in [0.25, 0.3) is 0 Å². The number of benzene rings is 1. The lowest BCUT2D eigenvalue weighted by molar-refractivity contribution is -0.141. The van der Waals surface area contributed by atoms with Gasteiger partial charge in [0.1, 0.15) is 0 Å². The Morgan fingerprint density at radius 3 is 2.71 bits per heavy atom. The Hall–Kier alpha value is -1.82. The van der Waals surface area contributed by atoms with Gasteiger partial charge in [-0.05, 0) is 29.8 Å². The molecule has 2 N–H and O–H groups in total. The van der Waals surface area contributed by atoms with Gasteiger partial charge in [0, 0.05) is 12.7 Å². The molecule has 2 rings (SSSR count). The topological polar surface area (TPSA) is 43.8 Å². The summed E-state index contributed by atoms with van der Waals surface area (Å²) in [6.45, 7) is 0.279. The highest BCUT2D eigenvalue weighted by Crippen LogP contribution is 2.27. The van der Waals surface area contributed by atoms with E-state index < -0.39 is 11.9 Å². The van der Waals surface area contributed by atoms with Crippen LogP contribution in [-0.4, -0.2) is 9.78 Å². The van der Waals surface area contributed by atoms with Crippen LogP contribution in [0, 0.1) is 6.07 Å². The third-order valence-corrected chi connectivity index (χ3v) is 2.21. The molecule has 1 radical (unpaired) electrons. The SMILES string of the molecule is NCc1[c]ccc(-n2ccc(C(F)(F)F)n2)c1. The number of hydrogen-bond donors (Lipinski definition) is 1. The molecule has 6 heteroatoms. The van der Waals surface area contributed by atoms with Crippen LogP contribution in [0.4, 0.5) is 13.2 Å². The van der Waals surface area contributed by atoms with Crippen molar-refractivity contribution in [3.63, 3.8) is 0 Å². The van der Waals surface area contributed by atoms with Gasteiger partial charge in [0.2, 0.25) is 0 Å². The highest BCUT2D eigenvalue weighted by atomic mass is 19.4. The maximum Gasteiger partial charge on any atom is 0.435 e. The van der Waals surface area contributed by atoms with Gasteiger partial charge in [-0.15, -0.1) is 0 Å². The van der Waals surface area contributed by atoms with Gasteiger partial charge < -0.3 is 5.73 Å². The molecule has 17 heavy (non-hydrogen) atoms. The number of aromatic nitrogens is 2. The van der Waals surface area contributed by atoms with Gasteiger partial charge in [-0.3, -0.25) is 0 Å². The molecule has 0 amide bonds. The Morgan fingerprint density at radius 1 is 1.35 bits per heavy atom. The van der Waals surface area contributed by atoms with Crippen molar-refractivity contribution in [2.24, 2.45) is 5.73 Å². The lowest BCUT2D eigenvalue weighted by atomic mass is 10.2. The highest BCUT2D eigenvalue weighted by Gasteiger charge is 2.33. The van der Waals surface area contributed by atoms with E-state index >= 15 is 0 Å². The first-order valence-corrected chi connectivity index (χ1v) is 4.84. The maximum atomic E-state index is 12.4. The summed E-state index contributed by atoms with van der Waals surface area (Å²) >= 11 is 0. The van der Waals surface area contributed by atoms with Crippen LogP contribution < -0.4 is 5.73 Å². The number of nitrogens with zero attached hydrogens (tertiary/aromatic N) is 2. The zero-order valence-corrected chi connectivity index (χ0v) is 8.70. The summed E-state index contributed by atoms with van der Waals surface area (Å²) in [6.07, 6.45) is -3.17. The molecule has 0 saturated carbocycles. The van der Waals surface area contributed by atoms with Crippen molar-refractivity contribution in [2.75, 3.05) is 0 Å². The van der Waals surface area contributed by atoms with Crippen molar-refractivity contribution in [1.29, 1.82) is 0 Å². The van der Waals surface area contributed by atoms with Gasteiger partial charge in [-0.25, -0.2) is 4.68 Å². The van der Waals surface area contributed by atoms with E-state index in [0.717, 1.165) is 10.7 Å². The molecule has 1 aromatic heterocycles. The van der Waals surface area contributed by atoms with E-state index in [1.54, 1.807) is 18.2 Å². The molecule has 0 aliphatic heterocycles. The average Bonchev–Trinajstić information content (AvgIpc) is 2.78. The first-order valence-electron chi connectivity index (χ1n) is 4.84. The van der Waals surface area contributed by atoms with Crippen LogP contribution in [0.15, 0.2) is 30.5 Å². The van der Waals surface area contributed by atoms with Crippen LogP contribution in [0.2, 0.25) is 0 Å². The normalized spacial score (nSPS) is 11.8. The lowest BCUT2D eigenvalue weighted by Gasteiger charge is -2.04. The monoisotopic (exact) mass is 240 g/mol. The summed E-state index contributed by atoms with van der Waals surface area (Å²) in [5, 5.41) is 3.46. The van der Waals surface area contributed by atoms with Crippen molar-refractivity contribution in [2.45, 2.75) is 12.7 Å². The Bertz CT molecular complexity index is 517. The van der Waals surface area contributed by atoms with Gasteiger partial charge in [0.15, 0.2) is 5.69 Å². The fraction of sp³-hybridized carbons (Fsp3) is 0.182. The quantitative estimate of drug-likeness (QED) is 0.874. The summed E-state index contributed by atoms with van der Waals surface area (Å²) in [5.41, 5.74) is 5.76. The first kappa shape index (κ1) is 11.7. The molecular formula is C11H9F3N3. The highest BCUT2D eigenvalue weighted by molar-refractivity contribution is 5.34. The second kappa shape index (κ2) is 4.21. The minimum Gasteiger partial charge on any atom is -0.326 e. The van der Waals surface area contributed by atoms with Crippen LogP contribution in [-0.2, 0) is 12.7 Å². The molecule has 89 valence electrons. The van der Waals surface area contributed by atoms with Crippen LogP contribution >= 0.6 is 0 Å². The van der Waals surface area contributed by atoms with E-state index in [0.29, 0.717) is 11.3 Å². The molecular weight excluding hydrogens is 231 g/mol. The second-order valence-corrected chi connectivity index (χ2v) is 3.42. The van der Waals surface area contributed by atoms with Crippen molar-refractivity contribution in [3.05, 3.63) is 47.8 Å². The molecule has 0 aliphatic carbocycles. The summed E-state index contributed by atoms with van der Waals surface area (Å²) in [7, 11) is 0. The molecule has 0 unspecified atom stereocenters. The van der Waals surface area contributed by atoms with Crippen molar-refractivity contribution >= 4 is 0 Å². The Kier molecular flexibility index (Phi) is 2.89. The van der Waals surface area contributed by atoms with Crippen LogP contribution in [0.3, 0.4) is 0 Å². The Labute approximate surface area is 95.7 Å². The van der Waals surface area contributed by atoms with Gasteiger partial charge in [-0.1, -0.05) is 6.07 Å². The lowest BCUT2D eigenvalue weighted by Crippen LogP contribution is -2.07. The predicted octanol–water partition coefficient (Wildman–Crippen LogP) is 2.15. The summed E-state index contributed by atoms with van der Waals surface area (Å²) in [6, 6.07) is 8.67. The molecule has 3 nitrogen and oxygen atoms in total. The van der Waals surface area contributed by atoms with Gasteiger partial charge >= 0.3 is 6.18 Å². The largest absolute Gasteiger partial charge is 0.435 e. The average molecular weight is 240 g/mol. The molecule has 0 saturated heterocycles. The van der Waals surface area contributed by atoms with Gasteiger partial charge in [0.05, 0.1) is 5.69 Å². The Balaban J connectivity index is 2.37. The number of alkyl halides is 3. The molecule has 0 bridgehead atoms. The molecule has 2 aromatic rings. The van der Waals surface area contributed by atoms with E-state index in [1.165, 1.54) is 6.20 Å². The van der Waals surface area contributed by atoms with Crippen molar-refractivity contribution in [3.8, 4) is 5.69 Å². The molecule has 1 aromatic carbocycles. The van der Waals surface area contributed by atoms with E-state index in [2.05, 4.69) is 11.2 Å². The molecule has 0 atom stereocenters. The predicted molar refractivity (Wildman–Crippen MR) is 55.3 cm³/mol. The minimum atomic E-state index is -4.43. The minimum absolute atomic E-state index is 0.279. The summed E-state index contributed by atoms with van der Waals surface area (Å²) in [4.78, 5) is 0. The van der Waals surface area contributed by atoms with Gasteiger partial charge in [-0.2, -0.15) is 18.3 Å². The molecule has 0 fully saturated rings. The Morgan fingerprint density at radius 2 is 2.12 bits per heavy atom. The van der Waals surface area contributed by atoms with E-state index in [9.17, 15) is 13.2 Å². The van der Waals surface area contributed by atoms with Crippen LogP contribution in [0.5, 0.6) is 0 Å². The van der Waals surface area contributed by atoms with E-state index in [4.69, 9.17) is 5.73 Å². The van der Waals surface area contributed by atoms with Crippen LogP contribution in [0.1, 0.15) is 11.3 Å². The van der Waals surface area contributed by atoms with E-state index in [1.807, 2.05) is 0 Å². The third kappa shape index (κ3) is 2.47. The van der Waals surface area contributed by atoms with Crippen molar-refractivity contribution in [1.82, 2.24) is 9.78 Å². The number of rotatable bonds is 2. The summed E-state index contributed by atoms with van der Waals surface area (Å²) < 4.78 is 38.2. The zero-order valence-electron chi connectivity index (χ0n) is 8.70. The fourth-order valence-electron chi connectivity index (χ4n) is 1.38. The molecule has 0 spiro atoms. The number of halogens is 3. The smallest absolute Gasteiger partial charge is 0.326 e. The third-order valence-electron chi connectivity index (χ3n) is 2.21. The summed E-state index contributed by atoms with van der Waals surface area (Å²) in [5.74, 6) is 0. The number of nitrogens with two attached hydrogens (primary N) is 1. The second-order valence-electron chi connectivity index (χ2n) is 3.42. The molecule has 1 heterocycles. The maximum absolute atomic E-state index is 12.4. The van der Waals surface area contributed by atoms with Crippen molar-refractivity contribution < 1.29 is 13.2 Å². The first-order chi connectivity index (χ1) is 8.00. The zero-order chi connectivity index (χ0) is 12.5. The fourth-order valence-corrected chi connectivity index (χ4v) is 1.38.